The summed E-state index contributed by atoms with van der Waals surface area (Å²) >= 11 is 0. The molecular weight excluding hydrogens is 311 g/mol. The van der Waals surface area contributed by atoms with Gasteiger partial charge >= 0.3 is 0 Å². The molecule has 0 bridgehead atoms. The van der Waals surface area contributed by atoms with Crippen LogP contribution < -0.4 is 4.74 Å². The largest absolute Gasteiger partial charge is 0.491 e. The van der Waals surface area contributed by atoms with Crippen molar-refractivity contribution in [1.29, 1.82) is 0 Å². The van der Waals surface area contributed by atoms with Gasteiger partial charge in [-0.05, 0) is 30.7 Å². The van der Waals surface area contributed by atoms with Gasteiger partial charge in [0.1, 0.15) is 24.3 Å². The van der Waals surface area contributed by atoms with Crippen molar-refractivity contribution in [2.45, 2.75) is 25.5 Å². The summed E-state index contributed by atoms with van der Waals surface area (Å²) in [7, 11) is 1.73. The van der Waals surface area contributed by atoms with Crippen molar-refractivity contribution in [2.75, 3.05) is 53.0 Å². The van der Waals surface area contributed by atoms with E-state index in [1.165, 1.54) is 12.1 Å². The maximum Gasteiger partial charge on any atom is 0.123 e. The topological polar surface area (TPSA) is 45.2 Å². The zero-order chi connectivity index (χ0) is 17.4. The number of benzene rings is 1. The summed E-state index contributed by atoms with van der Waals surface area (Å²) in [5.41, 5.74) is 0. The highest BCUT2D eigenvalue weighted by Crippen LogP contribution is 2.14. The van der Waals surface area contributed by atoms with Gasteiger partial charge in [0.25, 0.3) is 0 Å². The van der Waals surface area contributed by atoms with Crippen molar-refractivity contribution in [3.8, 4) is 5.75 Å². The van der Waals surface area contributed by atoms with Crippen LogP contribution in [0.1, 0.15) is 13.3 Å². The van der Waals surface area contributed by atoms with Crippen LogP contribution in [0.25, 0.3) is 0 Å². The monoisotopic (exact) mass is 340 g/mol. The number of methoxy groups -OCH3 is 1. The van der Waals surface area contributed by atoms with Gasteiger partial charge < -0.3 is 14.6 Å². The third kappa shape index (κ3) is 6.02. The molecule has 136 valence electrons. The van der Waals surface area contributed by atoms with Crippen LogP contribution in [0.15, 0.2) is 24.3 Å². The van der Waals surface area contributed by atoms with Crippen LogP contribution in [-0.2, 0) is 4.74 Å². The van der Waals surface area contributed by atoms with Crippen molar-refractivity contribution in [3.63, 3.8) is 0 Å². The number of hydrogen-bond donors (Lipinski definition) is 1. The van der Waals surface area contributed by atoms with Crippen molar-refractivity contribution in [3.05, 3.63) is 30.1 Å². The Bertz CT molecular complexity index is 472. The number of aliphatic hydroxyl groups excluding tert-OH is 1. The first-order valence-corrected chi connectivity index (χ1v) is 8.64. The molecule has 0 amide bonds. The molecule has 0 aromatic heterocycles. The van der Waals surface area contributed by atoms with E-state index >= 15 is 0 Å². The molecule has 1 heterocycles. The second-order valence-electron chi connectivity index (χ2n) is 6.27. The van der Waals surface area contributed by atoms with Crippen LogP contribution in [0.5, 0.6) is 5.75 Å². The number of rotatable bonds is 9. The molecule has 24 heavy (non-hydrogen) atoms. The summed E-state index contributed by atoms with van der Waals surface area (Å²) in [5, 5.41) is 10.2. The van der Waals surface area contributed by atoms with E-state index in [1.54, 1.807) is 19.2 Å². The molecule has 5 nitrogen and oxygen atoms in total. The Morgan fingerprint density at radius 1 is 1.29 bits per heavy atom. The highest BCUT2D eigenvalue weighted by atomic mass is 19.1. The van der Waals surface area contributed by atoms with Crippen molar-refractivity contribution in [2.24, 2.45) is 0 Å². The van der Waals surface area contributed by atoms with E-state index in [0.29, 0.717) is 18.3 Å². The van der Waals surface area contributed by atoms with Gasteiger partial charge in [-0.2, -0.15) is 0 Å². The number of nitrogens with zero attached hydrogens (tertiary/aromatic N) is 2. The maximum absolute atomic E-state index is 12.9. The number of ether oxygens (including phenoxy) is 2. The number of hydrogen-bond acceptors (Lipinski definition) is 5. The molecule has 0 spiro atoms. The van der Waals surface area contributed by atoms with E-state index < -0.39 is 6.10 Å². The molecule has 1 N–H and O–H groups in total. The van der Waals surface area contributed by atoms with Crippen LogP contribution in [0.3, 0.4) is 0 Å². The molecule has 1 aromatic carbocycles. The zero-order valence-electron chi connectivity index (χ0n) is 14.7. The highest BCUT2D eigenvalue weighted by molar-refractivity contribution is 5.22. The van der Waals surface area contributed by atoms with Gasteiger partial charge in [-0.15, -0.1) is 0 Å². The molecule has 1 aromatic rings. The summed E-state index contributed by atoms with van der Waals surface area (Å²) in [4.78, 5) is 4.75. The fourth-order valence-corrected chi connectivity index (χ4v) is 3.09. The minimum atomic E-state index is -0.557. The van der Waals surface area contributed by atoms with E-state index in [-0.39, 0.29) is 12.4 Å². The SMILES string of the molecule is CCC1CN(CC(O)COc2ccc(F)cc2)CCN1CCOC. The second kappa shape index (κ2) is 9.93. The van der Waals surface area contributed by atoms with Gasteiger partial charge in [0.2, 0.25) is 0 Å². The molecular formula is C18H29FN2O3. The Balaban J connectivity index is 1.73. The van der Waals surface area contributed by atoms with Crippen molar-refractivity contribution >= 4 is 0 Å². The summed E-state index contributed by atoms with van der Waals surface area (Å²) in [6.45, 7) is 7.60. The van der Waals surface area contributed by atoms with Gasteiger partial charge in [0.15, 0.2) is 0 Å². The van der Waals surface area contributed by atoms with Crippen LogP contribution in [0, 0.1) is 5.82 Å². The van der Waals surface area contributed by atoms with Gasteiger partial charge in [0.05, 0.1) is 6.61 Å². The minimum Gasteiger partial charge on any atom is -0.491 e. The van der Waals surface area contributed by atoms with E-state index in [4.69, 9.17) is 9.47 Å². The van der Waals surface area contributed by atoms with Gasteiger partial charge in [-0.3, -0.25) is 9.80 Å². The predicted molar refractivity (Wildman–Crippen MR) is 91.9 cm³/mol. The number of piperazine rings is 1. The number of β-amino-alcohol motifs (C(OH)–C–C–N with tert-alkyl or cyclic N) is 1. The van der Waals surface area contributed by atoms with E-state index in [0.717, 1.165) is 39.2 Å². The Kier molecular flexibility index (Phi) is 7.91. The standard InChI is InChI=1S/C18H29FN2O3/c1-3-16-12-20(8-9-21(16)10-11-23-2)13-17(22)14-24-18-6-4-15(19)5-7-18/h4-7,16-17,22H,3,8-14H2,1-2H3. The fourth-order valence-electron chi connectivity index (χ4n) is 3.09. The first-order valence-electron chi connectivity index (χ1n) is 8.64. The lowest BCUT2D eigenvalue weighted by molar-refractivity contribution is 0.0148. The molecule has 1 aliphatic rings. The minimum absolute atomic E-state index is 0.215. The van der Waals surface area contributed by atoms with E-state index in [9.17, 15) is 9.50 Å². The molecule has 1 saturated heterocycles. The fraction of sp³-hybridized carbons (Fsp3) is 0.667. The van der Waals surface area contributed by atoms with Gasteiger partial charge in [-0.1, -0.05) is 6.92 Å². The summed E-state index contributed by atoms with van der Waals surface area (Å²) in [6, 6.07) is 6.35. The molecule has 0 radical (unpaired) electrons. The van der Waals surface area contributed by atoms with Crippen molar-refractivity contribution < 1.29 is 19.0 Å². The quantitative estimate of drug-likeness (QED) is 0.740. The first-order chi connectivity index (χ1) is 11.6. The van der Waals surface area contributed by atoms with Gasteiger partial charge in [-0.25, -0.2) is 4.39 Å². The first kappa shape index (κ1) is 19.1. The molecule has 0 saturated carbocycles. The van der Waals surface area contributed by atoms with E-state index in [2.05, 4.69) is 16.7 Å². The molecule has 1 aliphatic heterocycles. The molecule has 0 aliphatic carbocycles. The summed E-state index contributed by atoms with van der Waals surface area (Å²) in [6.07, 6.45) is 0.528. The number of halogens is 1. The molecule has 6 heteroatoms. The zero-order valence-corrected chi connectivity index (χ0v) is 14.7. The average Bonchev–Trinajstić information content (AvgIpc) is 2.60. The Hall–Kier alpha value is -1.21. The second-order valence-corrected chi connectivity index (χ2v) is 6.27. The molecule has 2 atom stereocenters. The third-order valence-electron chi connectivity index (χ3n) is 4.47. The normalized spacial score (nSPS) is 20.9. The third-order valence-corrected chi connectivity index (χ3v) is 4.47. The van der Waals surface area contributed by atoms with Crippen LogP contribution in [-0.4, -0.2) is 80.1 Å². The Labute approximate surface area is 144 Å². The molecule has 2 unspecified atom stereocenters. The smallest absolute Gasteiger partial charge is 0.123 e. The molecule has 1 fully saturated rings. The lowest BCUT2D eigenvalue weighted by atomic mass is 10.1. The maximum atomic E-state index is 12.9. The van der Waals surface area contributed by atoms with Gasteiger partial charge in [0, 0.05) is 45.9 Å². The predicted octanol–water partition coefficient (Wildman–Crippen LogP) is 1.61. The summed E-state index contributed by atoms with van der Waals surface area (Å²) < 4.78 is 23.5. The van der Waals surface area contributed by atoms with Crippen LogP contribution in [0.4, 0.5) is 4.39 Å². The highest BCUT2D eigenvalue weighted by Gasteiger charge is 2.26. The van der Waals surface area contributed by atoms with Crippen molar-refractivity contribution in [1.82, 2.24) is 9.80 Å². The lowest BCUT2D eigenvalue weighted by Gasteiger charge is -2.41. The Morgan fingerprint density at radius 2 is 2.04 bits per heavy atom. The number of aliphatic hydroxyl groups is 1. The van der Waals surface area contributed by atoms with Crippen LogP contribution >= 0.6 is 0 Å². The van der Waals surface area contributed by atoms with Crippen LogP contribution in [0.2, 0.25) is 0 Å². The van der Waals surface area contributed by atoms with E-state index in [1.807, 2.05) is 0 Å². The lowest BCUT2D eigenvalue weighted by Crippen LogP contribution is -2.55. The summed E-state index contributed by atoms with van der Waals surface area (Å²) in [5.74, 6) is 0.283. The average molecular weight is 340 g/mol. The Morgan fingerprint density at radius 3 is 2.71 bits per heavy atom. The molecule has 2 rings (SSSR count).